The van der Waals surface area contributed by atoms with Gasteiger partial charge in [-0.25, -0.2) is 4.57 Å². The minimum Gasteiger partial charge on any atom is -0.308 e. The summed E-state index contributed by atoms with van der Waals surface area (Å²) in [6.45, 7) is 4.98. The van der Waals surface area contributed by atoms with E-state index in [0.29, 0.717) is 0 Å². The number of carbonyl (C=O) groups is 1. The maximum absolute atomic E-state index is 10.9. The molecule has 0 spiro atoms. The van der Waals surface area contributed by atoms with Gasteiger partial charge < -0.3 is 4.89 Å². The van der Waals surface area contributed by atoms with Crippen LogP contribution in [0, 0.1) is 5.92 Å². The number of amides is 1. The molecule has 1 atom stereocenters. The maximum atomic E-state index is 10.9. The van der Waals surface area contributed by atoms with Crippen molar-refractivity contribution in [3.05, 3.63) is 0 Å². The van der Waals surface area contributed by atoms with Crippen molar-refractivity contribution in [2.75, 3.05) is 6.61 Å². The van der Waals surface area contributed by atoms with E-state index < -0.39 is 13.7 Å². The van der Waals surface area contributed by atoms with E-state index in [4.69, 9.17) is 4.89 Å². The van der Waals surface area contributed by atoms with Crippen molar-refractivity contribution in [2.45, 2.75) is 20.8 Å². The fraction of sp³-hybridized carbons (Fsp3) is 0.833. The standard InChI is InChI=1S/C6H14NO4P/c1-5(2)4-11-12(9,10)7-6(3)8/h5H,4H2,1-3H3,(H2,7,8,9,10). The quantitative estimate of drug-likeness (QED) is 0.653. The van der Waals surface area contributed by atoms with Gasteiger partial charge in [0.1, 0.15) is 0 Å². The summed E-state index contributed by atoms with van der Waals surface area (Å²) < 4.78 is 15.5. The van der Waals surface area contributed by atoms with Gasteiger partial charge in [0.15, 0.2) is 0 Å². The Labute approximate surface area is 71.7 Å². The molecule has 0 bridgehead atoms. The van der Waals surface area contributed by atoms with Crippen molar-refractivity contribution in [3.63, 3.8) is 0 Å². The van der Waals surface area contributed by atoms with Gasteiger partial charge >= 0.3 is 7.75 Å². The zero-order valence-electron chi connectivity index (χ0n) is 7.40. The highest BCUT2D eigenvalue weighted by Gasteiger charge is 2.20. The van der Waals surface area contributed by atoms with Crippen LogP contribution < -0.4 is 5.09 Å². The number of carbonyl (C=O) groups excluding carboxylic acids is 1. The lowest BCUT2D eigenvalue weighted by Gasteiger charge is -2.12. The molecular weight excluding hydrogens is 181 g/mol. The highest BCUT2D eigenvalue weighted by Crippen LogP contribution is 2.36. The molecule has 0 radical (unpaired) electrons. The second kappa shape index (κ2) is 4.60. The minimum atomic E-state index is -3.90. The molecule has 12 heavy (non-hydrogen) atoms. The van der Waals surface area contributed by atoms with Crippen LogP contribution in [-0.2, 0) is 13.9 Å². The molecule has 0 aliphatic rings. The monoisotopic (exact) mass is 195 g/mol. The average Bonchev–Trinajstić information content (AvgIpc) is 1.81. The molecule has 0 aliphatic heterocycles. The molecule has 0 fully saturated rings. The van der Waals surface area contributed by atoms with Crippen LogP contribution >= 0.6 is 7.75 Å². The van der Waals surface area contributed by atoms with Crippen LogP contribution in [0.2, 0.25) is 0 Å². The summed E-state index contributed by atoms with van der Waals surface area (Å²) in [5.41, 5.74) is 0. The zero-order chi connectivity index (χ0) is 9.78. The van der Waals surface area contributed by atoms with Gasteiger partial charge in [0.05, 0.1) is 6.61 Å². The first kappa shape index (κ1) is 11.6. The average molecular weight is 195 g/mol. The van der Waals surface area contributed by atoms with E-state index in [1.807, 2.05) is 18.9 Å². The summed E-state index contributed by atoms with van der Waals surface area (Å²) >= 11 is 0. The first-order valence-corrected chi connectivity index (χ1v) is 5.17. The Hall–Kier alpha value is -0.380. The van der Waals surface area contributed by atoms with Crippen LogP contribution in [-0.4, -0.2) is 17.4 Å². The van der Waals surface area contributed by atoms with Crippen LogP contribution in [0.15, 0.2) is 0 Å². The number of nitrogens with one attached hydrogen (secondary N) is 1. The SMILES string of the molecule is CC(=O)NP(=O)(O)OCC(C)C. The predicted molar refractivity (Wildman–Crippen MR) is 44.4 cm³/mol. The summed E-state index contributed by atoms with van der Waals surface area (Å²) in [7, 11) is -3.90. The van der Waals surface area contributed by atoms with Crippen molar-refractivity contribution < 1.29 is 18.8 Å². The molecule has 6 heteroatoms. The van der Waals surface area contributed by atoms with Gasteiger partial charge in [-0.15, -0.1) is 0 Å². The van der Waals surface area contributed by atoms with Crippen molar-refractivity contribution in [2.24, 2.45) is 5.92 Å². The maximum Gasteiger partial charge on any atom is 0.432 e. The van der Waals surface area contributed by atoms with Crippen LogP contribution in [0.3, 0.4) is 0 Å². The largest absolute Gasteiger partial charge is 0.432 e. The molecule has 0 aromatic carbocycles. The van der Waals surface area contributed by atoms with Crippen LogP contribution in [0.4, 0.5) is 0 Å². The third kappa shape index (κ3) is 6.34. The third-order valence-corrected chi connectivity index (χ3v) is 1.98. The van der Waals surface area contributed by atoms with E-state index in [9.17, 15) is 9.36 Å². The molecule has 0 aromatic heterocycles. The zero-order valence-corrected chi connectivity index (χ0v) is 8.30. The normalized spacial score (nSPS) is 15.8. The number of hydrogen-bond acceptors (Lipinski definition) is 3. The molecule has 0 heterocycles. The molecule has 0 saturated carbocycles. The minimum absolute atomic E-state index is 0.147. The molecule has 0 aromatic rings. The summed E-state index contributed by atoms with van der Waals surface area (Å²) in [4.78, 5) is 19.3. The summed E-state index contributed by atoms with van der Waals surface area (Å²) in [6, 6.07) is 0. The first-order chi connectivity index (χ1) is 5.33. The molecule has 2 N–H and O–H groups in total. The summed E-state index contributed by atoms with van der Waals surface area (Å²) in [5, 5.41) is 1.82. The number of rotatable bonds is 4. The summed E-state index contributed by atoms with van der Waals surface area (Å²) in [5.74, 6) is -0.427. The molecule has 72 valence electrons. The fourth-order valence-corrected chi connectivity index (χ4v) is 1.44. The van der Waals surface area contributed by atoms with Gasteiger partial charge in [-0.1, -0.05) is 13.8 Å². The smallest absolute Gasteiger partial charge is 0.308 e. The van der Waals surface area contributed by atoms with Crippen LogP contribution in [0.1, 0.15) is 20.8 Å². The van der Waals surface area contributed by atoms with Gasteiger partial charge in [0.25, 0.3) is 0 Å². The Morgan fingerprint density at radius 2 is 2.17 bits per heavy atom. The van der Waals surface area contributed by atoms with Crippen molar-refractivity contribution in [1.29, 1.82) is 0 Å². The lowest BCUT2D eigenvalue weighted by molar-refractivity contribution is -0.117. The molecule has 1 amide bonds. The summed E-state index contributed by atoms with van der Waals surface area (Å²) in [6.07, 6.45) is 0. The lowest BCUT2D eigenvalue weighted by atomic mass is 10.2. The van der Waals surface area contributed by atoms with Crippen LogP contribution in [0.25, 0.3) is 0 Å². The lowest BCUT2D eigenvalue weighted by Crippen LogP contribution is -2.18. The van der Waals surface area contributed by atoms with Gasteiger partial charge in [0, 0.05) is 6.92 Å². The molecule has 5 nitrogen and oxygen atoms in total. The predicted octanol–water partition coefficient (Wildman–Crippen LogP) is 0.895. The van der Waals surface area contributed by atoms with Crippen LogP contribution in [0.5, 0.6) is 0 Å². The Morgan fingerprint density at radius 3 is 2.50 bits per heavy atom. The molecule has 0 saturated heterocycles. The first-order valence-electron chi connectivity index (χ1n) is 3.59. The molecule has 1 unspecified atom stereocenters. The molecule has 0 aliphatic carbocycles. The van der Waals surface area contributed by atoms with E-state index in [0.717, 1.165) is 6.92 Å². The highest BCUT2D eigenvalue weighted by molar-refractivity contribution is 7.51. The molecule has 0 rings (SSSR count). The Morgan fingerprint density at radius 1 is 1.67 bits per heavy atom. The highest BCUT2D eigenvalue weighted by atomic mass is 31.2. The molecular formula is C6H14NO4P. The van der Waals surface area contributed by atoms with Crippen molar-refractivity contribution in [3.8, 4) is 0 Å². The van der Waals surface area contributed by atoms with E-state index in [1.54, 1.807) is 0 Å². The van der Waals surface area contributed by atoms with E-state index in [2.05, 4.69) is 4.52 Å². The van der Waals surface area contributed by atoms with E-state index in [1.165, 1.54) is 0 Å². The fourth-order valence-electron chi connectivity index (χ4n) is 0.481. The van der Waals surface area contributed by atoms with Gasteiger partial charge in [0.2, 0.25) is 5.91 Å². The van der Waals surface area contributed by atoms with Gasteiger partial charge in [-0.05, 0) is 5.92 Å². The Balaban J connectivity index is 3.88. The van der Waals surface area contributed by atoms with Gasteiger partial charge in [-0.3, -0.25) is 14.4 Å². The number of hydrogen-bond donors (Lipinski definition) is 2. The van der Waals surface area contributed by atoms with E-state index in [-0.39, 0.29) is 12.5 Å². The van der Waals surface area contributed by atoms with E-state index >= 15 is 0 Å². The van der Waals surface area contributed by atoms with Crippen molar-refractivity contribution in [1.82, 2.24) is 5.09 Å². The Kier molecular flexibility index (Phi) is 4.45. The van der Waals surface area contributed by atoms with Crippen molar-refractivity contribution >= 4 is 13.7 Å². The Bertz CT molecular complexity index is 204. The second-order valence-electron chi connectivity index (χ2n) is 2.88. The second-order valence-corrected chi connectivity index (χ2v) is 4.40. The van der Waals surface area contributed by atoms with Gasteiger partial charge in [-0.2, -0.15) is 0 Å². The topological polar surface area (TPSA) is 75.6 Å². The third-order valence-electron chi connectivity index (χ3n) is 0.882.